The van der Waals surface area contributed by atoms with E-state index >= 15 is 0 Å². The number of H-pyrrole nitrogens is 1. The van der Waals surface area contributed by atoms with Gasteiger partial charge in [0.05, 0.1) is 34.9 Å². The maximum Gasteiger partial charge on any atom is 0.200 e. The van der Waals surface area contributed by atoms with E-state index in [4.69, 9.17) is 4.42 Å². The standard InChI is InChI=1S/C23H17FN4O2/c1-13(14-3-2-4-17(24)7-14)27-22-9-18-21(11-25-22)30-12-19(23(18)29)15-5-6-16-10-26-28-20(16)8-15/h2-13H,1H3,(H,25,27)(H,26,28)/t13-/m0/s1. The summed E-state index contributed by atoms with van der Waals surface area (Å²) >= 11 is 0. The zero-order valence-corrected chi connectivity index (χ0v) is 16.0. The molecule has 2 aromatic carbocycles. The van der Waals surface area contributed by atoms with E-state index in [1.807, 2.05) is 31.2 Å². The number of nitrogens with one attached hydrogen (secondary N) is 2. The first kappa shape index (κ1) is 18.1. The van der Waals surface area contributed by atoms with Crippen LogP contribution in [0.15, 0.2) is 76.4 Å². The van der Waals surface area contributed by atoms with Crippen LogP contribution in [0, 0.1) is 5.82 Å². The Morgan fingerprint density at radius 3 is 2.90 bits per heavy atom. The van der Waals surface area contributed by atoms with Crippen LogP contribution in [-0.4, -0.2) is 15.2 Å². The van der Waals surface area contributed by atoms with E-state index in [1.54, 1.807) is 18.3 Å². The monoisotopic (exact) mass is 400 g/mol. The molecule has 30 heavy (non-hydrogen) atoms. The molecule has 1 atom stereocenters. The van der Waals surface area contributed by atoms with Crippen LogP contribution in [0.2, 0.25) is 0 Å². The lowest BCUT2D eigenvalue weighted by Crippen LogP contribution is -2.10. The second-order valence-electron chi connectivity index (χ2n) is 7.14. The van der Waals surface area contributed by atoms with Gasteiger partial charge in [-0.3, -0.25) is 9.89 Å². The Bertz CT molecular complexity index is 1440. The number of rotatable bonds is 4. The molecule has 0 aliphatic carbocycles. The van der Waals surface area contributed by atoms with Gasteiger partial charge < -0.3 is 9.73 Å². The second-order valence-corrected chi connectivity index (χ2v) is 7.14. The van der Waals surface area contributed by atoms with Crippen molar-refractivity contribution in [3.05, 3.63) is 88.8 Å². The molecule has 0 fully saturated rings. The molecule has 0 aliphatic rings. The summed E-state index contributed by atoms with van der Waals surface area (Å²) in [5.74, 6) is 0.208. The van der Waals surface area contributed by atoms with E-state index in [1.165, 1.54) is 24.6 Å². The highest BCUT2D eigenvalue weighted by Gasteiger charge is 2.13. The van der Waals surface area contributed by atoms with Crippen molar-refractivity contribution in [3.8, 4) is 11.1 Å². The van der Waals surface area contributed by atoms with Gasteiger partial charge in [0.2, 0.25) is 5.43 Å². The van der Waals surface area contributed by atoms with Crippen molar-refractivity contribution in [2.45, 2.75) is 13.0 Å². The van der Waals surface area contributed by atoms with Crippen LogP contribution < -0.4 is 10.7 Å². The van der Waals surface area contributed by atoms with E-state index in [2.05, 4.69) is 20.5 Å². The number of fused-ring (bicyclic) bond motifs is 2. The van der Waals surface area contributed by atoms with Gasteiger partial charge in [-0.2, -0.15) is 5.10 Å². The molecule has 0 aliphatic heterocycles. The van der Waals surface area contributed by atoms with E-state index in [0.29, 0.717) is 22.4 Å². The minimum absolute atomic E-state index is 0.154. The molecule has 0 spiro atoms. The lowest BCUT2D eigenvalue weighted by Gasteiger charge is -2.15. The molecule has 2 N–H and O–H groups in total. The SMILES string of the molecule is C[C@H](Nc1cc2c(=O)c(-c3ccc4cn[nH]c4c3)coc2cn1)c1cccc(F)c1. The third kappa shape index (κ3) is 3.20. The van der Waals surface area contributed by atoms with Crippen LogP contribution in [0.3, 0.4) is 0 Å². The largest absolute Gasteiger partial charge is 0.462 e. The van der Waals surface area contributed by atoms with Crippen LogP contribution in [0.5, 0.6) is 0 Å². The number of pyridine rings is 1. The number of hydrogen-bond acceptors (Lipinski definition) is 5. The zero-order valence-electron chi connectivity index (χ0n) is 16.0. The van der Waals surface area contributed by atoms with Gasteiger partial charge in [-0.15, -0.1) is 0 Å². The Morgan fingerprint density at radius 2 is 2.03 bits per heavy atom. The molecule has 0 unspecified atom stereocenters. The fourth-order valence-corrected chi connectivity index (χ4v) is 3.50. The van der Waals surface area contributed by atoms with Gasteiger partial charge in [0.25, 0.3) is 0 Å². The van der Waals surface area contributed by atoms with E-state index in [0.717, 1.165) is 22.0 Å². The van der Waals surface area contributed by atoms with E-state index in [-0.39, 0.29) is 17.3 Å². The van der Waals surface area contributed by atoms with Crippen molar-refractivity contribution in [2.24, 2.45) is 0 Å². The molecule has 6 nitrogen and oxygen atoms in total. The summed E-state index contributed by atoms with van der Waals surface area (Å²) in [6.45, 7) is 1.90. The van der Waals surface area contributed by atoms with Crippen LogP contribution >= 0.6 is 0 Å². The first-order chi connectivity index (χ1) is 14.6. The second kappa shape index (κ2) is 7.11. The maximum absolute atomic E-state index is 13.5. The van der Waals surface area contributed by atoms with Gasteiger partial charge in [0, 0.05) is 5.39 Å². The highest BCUT2D eigenvalue weighted by Crippen LogP contribution is 2.25. The molecule has 0 bridgehead atoms. The molecule has 0 radical (unpaired) electrons. The molecular weight excluding hydrogens is 383 g/mol. The van der Waals surface area contributed by atoms with Crippen molar-refractivity contribution >= 4 is 27.7 Å². The molecule has 5 rings (SSSR count). The van der Waals surface area contributed by atoms with Gasteiger partial charge in [0.1, 0.15) is 17.9 Å². The van der Waals surface area contributed by atoms with Crippen molar-refractivity contribution in [2.75, 3.05) is 5.32 Å². The van der Waals surface area contributed by atoms with Gasteiger partial charge in [-0.25, -0.2) is 9.37 Å². The summed E-state index contributed by atoms with van der Waals surface area (Å²) in [6, 6.07) is 13.5. The molecule has 0 saturated carbocycles. The Hall–Kier alpha value is -4.00. The number of nitrogens with zero attached hydrogens (tertiary/aromatic N) is 2. The first-order valence-corrected chi connectivity index (χ1v) is 9.45. The van der Waals surface area contributed by atoms with E-state index in [9.17, 15) is 9.18 Å². The van der Waals surface area contributed by atoms with Crippen molar-refractivity contribution in [1.82, 2.24) is 15.2 Å². The molecule has 7 heteroatoms. The predicted octanol–water partition coefficient (Wildman–Crippen LogP) is 5.04. The highest BCUT2D eigenvalue weighted by atomic mass is 19.1. The molecule has 148 valence electrons. The normalized spacial score (nSPS) is 12.3. The smallest absolute Gasteiger partial charge is 0.200 e. The van der Waals surface area contributed by atoms with Crippen LogP contribution in [-0.2, 0) is 0 Å². The van der Waals surface area contributed by atoms with Crippen LogP contribution in [0.25, 0.3) is 33.0 Å². The summed E-state index contributed by atoms with van der Waals surface area (Å²) in [7, 11) is 0. The first-order valence-electron chi connectivity index (χ1n) is 9.45. The van der Waals surface area contributed by atoms with Gasteiger partial charge in [0.15, 0.2) is 5.58 Å². The molecular formula is C23H17FN4O2. The van der Waals surface area contributed by atoms with Crippen molar-refractivity contribution in [3.63, 3.8) is 0 Å². The molecule has 5 aromatic rings. The summed E-state index contributed by atoms with van der Waals surface area (Å²) in [5, 5.41) is 11.5. The fourth-order valence-electron chi connectivity index (χ4n) is 3.50. The molecule has 3 heterocycles. The average Bonchev–Trinajstić information content (AvgIpc) is 3.22. The Labute approximate surface area is 170 Å². The third-order valence-corrected chi connectivity index (χ3v) is 5.13. The van der Waals surface area contributed by atoms with Crippen LogP contribution in [0.4, 0.5) is 10.2 Å². The van der Waals surface area contributed by atoms with Crippen LogP contribution in [0.1, 0.15) is 18.5 Å². The number of benzene rings is 2. The number of halogens is 1. The number of aromatic nitrogens is 3. The lowest BCUT2D eigenvalue weighted by atomic mass is 10.0. The molecule has 0 amide bonds. The number of aromatic amines is 1. The van der Waals surface area contributed by atoms with Gasteiger partial charge in [-0.1, -0.05) is 24.3 Å². The molecule has 0 saturated heterocycles. The minimum Gasteiger partial charge on any atom is -0.462 e. The fraction of sp³-hybridized carbons (Fsp3) is 0.0870. The predicted molar refractivity (Wildman–Crippen MR) is 114 cm³/mol. The van der Waals surface area contributed by atoms with Crippen molar-refractivity contribution in [1.29, 1.82) is 0 Å². The summed E-state index contributed by atoms with van der Waals surface area (Å²) in [4.78, 5) is 17.5. The zero-order chi connectivity index (χ0) is 20.7. The topological polar surface area (TPSA) is 83.8 Å². The number of hydrogen-bond donors (Lipinski definition) is 2. The summed E-state index contributed by atoms with van der Waals surface area (Å²) < 4.78 is 19.2. The Kier molecular flexibility index (Phi) is 4.28. The van der Waals surface area contributed by atoms with Crippen molar-refractivity contribution < 1.29 is 8.81 Å². The van der Waals surface area contributed by atoms with Gasteiger partial charge >= 0.3 is 0 Å². The minimum atomic E-state index is -0.299. The van der Waals surface area contributed by atoms with Gasteiger partial charge in [-0.05, 0) is 42.3 Å². The quantitative estimate of drug-likeness (QED) is 0.441. The maximum atomic E-state index is 13.5. The lowest BCUT2D eigenvalue weighted by molar-refractivity contribution is 0.603. The Balaban J connectivity index is 1.53. The summed E-state index contributed by atoms with van der Waals surface area (Å²) in [6.07, 6.45) is 4.69. The average molecular weight is 400 g/mol. The third-order valence-electron chi connectivity index (χ3n) is 5.13. The number of anilines is 1. The highest BCUT2D eigenvalue weighted by molar-refractivity contribution is 5.87. The molecule has 3 aromatic heterocycles. The van der Waals surface area contributed by atoms with E-state index < -0.39 is 0 Å². The Morgan fingerprint density at radius 1 is 1.13 bits per heavy atom. The summed E-state index contributed by atoms with van der Waals surface area (Å²) in [5.41, 5.74) is 3.06.